The van der Waals surface area contributed by atoms with Gasteiger partial charge in [-0.15, -0.1) is 0 Å². The molecule has 5 heteroatoms. The van der Waals surface area contributed by atoms with Gasteiger partial charge in [-0.2, -0.15) is 0 Å². The van der Waals surface area contributed by atoms with Gasteiger partial charge in [0.15, 0.2) is 0 Å². The van der Waals surface area contributed by atoms with E-state index in [2.05, 4.69) is 17.5 Å². The number of methoxy groups -OCH3 is 2. The van der Waals surface area contributed by atoms with E-state index in [4.69, 9.17) is 9.47 Å². The first-order valence-corrected chi connectivity index (χ1v) is 9.38. The third kappa shape index (κ3) is 2.87. The zero-order valence-corrected chi connectivity index (χ0v) is 16.2. The van der Waals surface area contributed by atoms with E-state index in [0.29, 0.717) is 23.0 Å². The van der Waals surface area contributed by atoms with Gasteiger partial charge in [0.2, 0.25) is 0 Å². The third-order valence-corrected chi connectivity index (χ3v) is 5.89. The molecule has 0 saturated heterocycles. The smallest absolute Gasteiger partial charge is 0.338 e. The summed E-state index contributed by atoms with van der Waals surface area (Å²) in [5.41, 5.74) is 5.34. The van der Waals surface area contributed by atoms with Gasteiger partial charge in [-0.3, -0.25) is 0 Å². The van der Waals surface area contributed by atoms with Crippen molar-refractivity contribution in [2.24, 2.45) is 5.92 Å². The van der Waals surface area contributed by atoms with Gasteiger partial charge in [0.25, 0.3) is 0 Å². The zero-order valence-electron chi connectivity index (χ0n) is 16.2. The lowest BCUT2D eigenvalue weighted by molar-refractivity contribution is 0.0591. The molecule has 0 amide bonds. The number of hydrogen-bond acceptors (Lipinski definition) is 5. The molecule has 0 radical (unpaired) electrons. The molecule has 2 aliphatic rings. The first-order valence-electron chi connectivity index (χ1n) is 9.38. The zero-order chi connectivity index (χ0) is 19.8. The van der Waals surface area contributed by atoms with Gasteiger partial charge < -0.3 is 14.8 Å². The molecule has 0 spiro atoms. The van der Waals surface area contributed by atoms with Crippen molar-refractivity contribution in [2.75, 3.05) is 19.5 Å². The highest BCUT2D eigenvalue weighted by molar-refractivity contribution is 5.93. The van der Waals surface area contributed by atoms with E-state index in [-0.39, 0.29) is 18.0 Å². The lowest BCUT2D eigenvalue weighted by atomic mass is 9.76. The van der Waals surface area contributed by atoms with Crippen LogP contribution in [0.15, 0.2) is 48.6 Å². The molecule has 5 nitrogen and oxygen atoms in total. The first-order chi connectivity index (χ1) is 13.5. The minimum absolute atomic E-state index is 0.0887. The van der Waals surface area contributed by atoms with Crippen LogP contribution in [0.3, 0.4) is 0 Å². The second-order valence-electron chi connectivity index (χ2n) is 7.28. The highest BCUT2D eigenvalue weighted by Crippen LogP contribution is 2.51. The van der Waals surface area contributed by atoms with Crippen molar-refractivity contribution < 1.29 is 19.1 Å². The number of anilines is 1. The molecule has 0 unspecified atom stereocenters. The van der Waals surface area contributed by atoms with Crippen LogP contribution >= 0.6 is 0 Å². The van der Waals surface area contributed by atoms with Gasteiger partial charge in [0.1, 0.15) is 0 Å². The van der Waals surface area contributed by atoms with Gasteiger partial charge in [0, 0.05) is 11.6 Å². The van der Waals surface area contributed by atoms with Crippen molar-refractivity contribution in [3.63, 3.8) is 0 Å². The Morgan fingerprint density at radius 2 is 1.71 bits per heavy atom. The standard InChI is InChI=1S/C23H23NO4/c1-13-16(23(26)28-3)11-12-19-17-5-4-6-18(17)21(24-20(13)19)14-7-9-15(10-8-14)22(25)27-2/h4-5,7-12,17-18,21,24H,6H2,1-3H3/t17-,18+,21-/m0/s1. The van der Waals surface area contributed by atoms with E-state index in [1.54, 1.807) is 12.1 Å². The number of rotatable bonds is 3. The minimum atomic E-state index is -0.340. The average Bonchev–Trinajstić information content (AvgIpc) is 3.23. The van der Waals surface area contributed by atoms with Crippen LogP contribution in [-0.4, -0.2) is 26.2 Å². The maximum absolute atomic E-state index is 12.1. The van der Waals surface area contributed by atoms with Crippen molar-refractivity contribution in [3.05, 3.63) is 76.4 Å². The Balaban J connectivity index is 1.74. The number of benzene rings is 2. The molecule has 1 aliphatic carbocycles. The van der Waals surface area contributed by atoms with Crippen molar-refractivity contribution in [3.8, 4) is 0 Å². The SMILES string of the molecule is COC(=O)c1ccc([C@@H]2Nc3c(ccc(C(=O)OC)c3C)[C@H]3C=CC[C@H]32)cc1. The molecule has 2 aromatic rings. The second-order valence-corrected chi connectivity index (χ2v) is 7.28. The molecular formula is C23H23NO4. The number of hydrogen-bond donors (Lipinski definition) is 1. The number of fused-ring (bicyclic) bond motifs is 3. The second kappa shape index (κ2) is 7.15. The fourth-order valence-electron chi connectivity index (χ4n) is 4.42. The van der Waals surface area contributed by atoms with Crippen molar-refractivity contribution in [1.29, 1.82) is 0 Å². The Bertz CT molecular complexity index is 961. The van der Waals surface area contributed by atoms with E-state index >= 15 is 0 Å². The fourth-order valence-corrected chi connectivity index (χ4v) is 4.42. The molecule has 0 saturated carbocycles. The van der Waals surface area contributed by atoms with Gasteiger partial charge in [-0.1, -0.05) is 30.4 Å². The molecule has 0 fully saturated rings. The topological polar surface area (TPSA) is 64.6 Å². The monoisotopic (exact) mass is 377 g/mol. The molecule has 0 aromatic heterocycles. The van der Waals surface area contributed by atoms with E-state index in [0.717, 1.165) is 23.2 Å². The molecule has 4 rings (SSSR count). The first kappa shape index (κ1) is 18.3. The highest BCUT2D eigenvalue weighted by Gasteiger charge is 2.39. The molecule has 3 atom stereocenters. The van der Waals surface area contributed by atoms with E-state index in [9.17, 15) is 9.59 Å². The van der Waals surface area contributed by atoms with Crippen molar-refractivity contribution in [2.45, 2.75) is 25.3 Å². The van der Waals surface area contributed by atoms with Crippen molar-refractivity contribution >= 4 is 17.6 Å². The number of carbonyl (C=O) groups is 2. The van der Waals surface area contributed by atoms with Crippen LogP contribution in [0.5, 0.6) is 0 Å². The predicted octanol–water partition coefficient (Wildman–Crippen LogP) is 4.39. The van der Waals surface area contributed by atoms with Gasteiger partial charge >= 0.3 is 11.9 Å². The van der Waals surface area contributed by atoms with Crippen LogP contribution in [0.4, 0.5) is 5.69 Å². The van der Waals surface area contributed by atoms with Crippen LogP contribution in [0, 0.1) is 12.8 Å². The van der Waals surface area contributed by atoms with Gasteiger partial charge in [-0.05, 0) is 54.2 Å². The Hall–Kier alpha value is -3.08. The highest BCUT2D eigenvalue weighted by atomic mass is 16.5. The van der Waals surface area contributed by atoms with Crippen LogP contribution in [0.25, 0.3) is 0 Å². The number of esters is 2. The minimum Gasteiger partial charge on any atom is -0.465 e. The summed E-state index contributed by atoms with van der Waals surface area (Å²) in [5, 5.41) is 3.67. The van der Waals surface area contributed by atoms with E-state index < -0.39 is 0 Å². The van der Waals surface area contributed by atoms with E-state index in [1.165, 1.54) is 19.8 Å². The molecule has 1 heterocycles. The number of nitrogens with one attached hydrogen (secondary N) is 1. The maximum atomic E-state index is 12.1. The Morgan fingerprint density at radius 1 is 1.00 bits per heavy atom. The van der Waals surface area contributed by atoms with Crippen LogP contribution in [-0.2, 0) is 9.47 Å². The lowest BCUT2D eigenvalue weighted by Crippen LogP contribution is -2.30. The number of carbonyl (C=O) groups excluding carboxylic acids is 2. The van der Waals surface area contributed by atoms with Gasteiger partial charge in [-0.25, -0.2) is 9.59 Å². The summed E-state index contributed by atoms with van der Waals surface area (Å²) in [6, 6.07) is 11.5. The molecule has 0 bridgehead atoms. The predicted molar refractivity (Wildman–Crippen MR) is 107 cm³/mol. The third-order valence-electron chi connectivity index (χ3n) is 5.89. The van der Waals surface area contributed by atoms with Gasteiger partial charge in [0.05, 0.1) is 31.4 Å². The number of ether oxygens (including phenoxy) is 2. The van der Waals surface area contributed by atoms with Crippen LogP contribution in [0.2, 0.25) is 0 Å². The molecule has 1 N–H and O–H groups in total. The largest absolute Gasteiger partial charge is 0.465 e. The van der Waals surface area contributed by atoms with E-state index in [1.807, 2.05) is 31.2 Å². The Morgan fingerprint density at radius 3 is 2.39 bits per heavy atom. The molecule has 1 aliphatic heterocycles. The molecular weight excluding hydrogens is 354 g/mol. The molecule has 2 aromatic carbocycles. The summed E-state index contributed by atoms with van der Waals surface area (Å²) < 4.78 is 9.72. The fraction of sp³-hybridized carbons (Fsp3) is 0.304. The Labute approximate surface area is 164 Å². The van der Waals surface area contributed by atoms with Crippen LogP contribution < -0.4 is 5.32 Å². The number of allylic oxidation sites excluding steroid dienone is 2. The summed E-state index contributed by atoms with van der Waals surface area (Å²) in [7, 11) is 2.78. The maximum Gasteiger partial charge on any atom is 0.338 e. The summed E-state index contributed by atoms with van der Waals surface area (Å²) in [5.74, 6) is 0.0180. The van der Waals surface area contributed by atoms with Crippen molar-refractivity contribution in [1.82, 2.24) is 0 Å². The summed E-state index contributed by atoms with van der Waals surface area (Å²) >= 11 is 0. The average molecular weight is 377 g/mol. The normalized spacial score (nSPS) is 22.0. The summed E-state index contributed by atoms with van der Waals surface area (Å²) in [4.78, 5) is 23.9. The lowest BCUT2D eigenvalue weighted by Gasteiger charge is -2.38. The summed E-state index contributed by atoms with van der Waals surface area (Å²) in [6.07, 6.45) is 5.47. The molecule has 28 heavy (non-hydrogen) atoms. The molecule has 144 valence electrons. The quantitative estimate of drug-likeness (QED) is 0.635. The van der Waals surface area contributed by atoms with Crippen LogP contribution in [0.1, 0.15) is 55.8 Å². The Kier molecular flexibility index (Phi) is 4.67. The summed E-state index contributed by atoms with van der Waals surface area (Å²) in [6.45, 7) is 1.95.